The highest BCUT2D eigenvalue weighted by atomic mass is 16.5. The van der Waals surface area contributed by atoms with Crippen LogP contribution < -0.4 is 9.80 Å². The van der Waals surface area contributed by atoms with E-state index < -0.39 is 0 Å². The van der Waals surface area contributed by atoms with Gasteiger partial charge in [-0.25, -0.2) is 9.97 Å². The van der Waals surface area contributed by atoms with E-state index in [-0.39, 0.29) is 5.92 Å². The molecular weight excluding hydrogens is 364 g/mol. The van der Waals surface area contributed by atoms with Gasteiger partial charge in [-0.1, -0.05) is 17.3 Å². The van der Waals surface area contributed by atoms with E-state index in [0.717, 1.165) is 67.0 Å². The highest BCUT2D eigenvalue weighted by molar-refractivity contribution is 5.81. The number of benzene rings is 1. The maximum absolute atomic E-state index is 5.62. The molecule has 1 aromatic carbocycles. The maximum atomic E-state index is 5.62. The molecular formula is C22H26N6O. The van der Waals surface area contributed by atoms with Crippen molar-refractivity contribution in [3.8, 4) is 0 Å². The first-order valence-corrected chi connectivity index (χ1v) is 11.0. The van der Waals surface area contributed by atoms with Gasteiger partial charge in [-0.2, -0.15) is 4.98 Å². The highest BCUT2D eigenvalue weighted by Gasteiger charge is 2.34. The lowest BCUT2D eigenvalue weighted by molar-refractivity contribution is 0.355. The van der Waals surface area contributed by atoms with Crippen LogP contribution in [-0.4, -0.2) is 46.3 Å². The predicted molar refractivity (Wildman–Crippen MR) is 111 cm³/mol. The molecule has 6 rings (SSSR count). The lowest BCUT2D eigenvalue weighted by Gasteiger charge is -2.31. The quantitative estimate of drug-likeness (QED) is 0.669. The van der Waals surface area contributed by atoms with Crippen LogP contribution in [-0.2, 0) is 0 Å². The third-order valence-corrected chi connectivity index (χ3v) is 6.43. The summed E-state index contributed by atoms with van der Waals surface area (Å²) in [6, 6.07) is 8.19. The predicted octanol–water partition coefficient (Wildman–Crippen LogP) is 3.87. The van der Waals surface area contributed by atoms with Crippen molar-refractivity contribution < 1.29 is 4.52 Å². The van der Waals surface area contributed by atoms with Gasteiger partial charge >= 0.3 is 0 Å². The van der Waals surface area contributed by atoms with Crippen molar-refractivity contribution in [3.05, 3.63) is 36.0 Å². The van der Waals surface area contributed by atoms with E-state index in [2.05, 4.69) is 27.1 Å². The number of fused-ring (bicyclic) bond motifs is 1. The van der Waals surface area contributed by atoms with Crippen molar-refractivity contribution in [1.29, 1.82) is 0 Å². The van der Waals surface area contributed by atoms with Crippen LogP contribution in [0.2, 0.25) is 0 Å². The summed E-state index contributed by atoms with van der Waals surface area (Å²) in [4.78, 5) is 19.6. The topological polar surface area (TPSA) is 71.2 Å². The van der Waals surface area contributed by atoms with Gasteiger partial charge < -0.3 is 14.3 Å². The van der Waals surface area contributed by atoms with Crippen LogP contribution in [0, 0.1) is 0 Å². The number of hydrogen-bond donors (Lipinski definition) is 0. The first-order chi connectivity index (χ1) is 14.3. The van der Waals surface area contributed by atoms with Crippen LogP contribution in [0.15, 0.2) is 28.8 Å². The molecule has 2 aromatic heterocycles. The summed E-state index contributed by atoms with van der Waals surface area (Å²) in [6.07, 6.45) is 7.16. The average Bonchev–Trinajstić information content (AvgIpc) is 3.30. The van der Waals surface area contributed by atoms with Crippen molar-refractivity contribution in [2.24, 2.45) is 0 Å². The summed E-state index contributed by atoms with van der Waals surface area (Å²) in [5.74, 6) is 4.54. The van der Waals surface area contributed by atoms with Crippen LogP contribution in [0.25, 0.3) is 11.0 Å². The normalized spacial score (nSPS) is 22.6. The lowest BCUT2D eigenvalue weighted by atomic mass is 10.1. The molecule has 3 fully saturated rings. The molecule has 150 valence electrons. The molecule has 7 nitrogen and oxygen atoms in total. The summed E-state index contributed by atoms with van der Waals surface area (Å²) >= 11 is 0. The van der Waals surface area contributed by atoms with Gasteiger partial charge in [0.15, 0.2) is 17.5 Å². The zero-order chi connectivity index (χ0) is 19.2. The van der Waals surface area contributed by atoms with E-state index in [0.29, 0.717) is 5.92 Å². The summed E-state index contributed by atoms with van der Waals surface area (Å²) in [7, 11) is 0. The Morgan fingerprint density at radius 2 is 1.48 bits per heavy atom. The maximum Gasteiger partial charge on any atom is 0.231 e. The second kappa shape index (κ2) is 6.97. The molecule has 0 spiro atoms. The highest BCUT2D eigenvalue weighted by Crippen LogP contribution is 2.40. The monoisotopic (exact) mass is 390 g/mol. The smallest absolute Gasteiger partial charge is 0.231 e. The molecule has 1 saturated carbocycles. The molecule has 4 heterocycles. The molecule has 1 atom stereocenters. The second-order valence-corrected chi connectivity index (χ2v) is 8.60. The Hall–Kier alpha value is -2.70. The number of piperidine rings is 1. The SMILES string of the molecule is c1ccc2nc(N3CCC(c4nc(C5CC5)no4)C3)c(N3CCCCC3)nc2c1. The fourth-order valence-corrected chi connectivity index (χ4v) is 4.59. The van der Waals surface area contributed by atoms with Crippen molar-refractivity contribution in [3.63, 3.8) is 0 Å². The fraction of sp³-hybridized carbons (Fsp3) is 0.545. The molecule has 0 amide bonds. The number of aromatic nitrogens is 4. The zero-order valence-corrected chi connectivity index (χ0v) is 16.6. The first kappa shape index (κ1) is 17.2. The molecule has 0 N–H and O–H groups in total. The number of nitrogens with zero attached hydrogens (tertiary/aromatic N) is 6. The van der Waals surface area contributed by atoms with E-state index in [9.17, 15) is 0 Å². The van der Waals surface area contributed by atoms with Crippen LogP contribution >= 0.6 is 0 Å². The summed E-state index contributed by atoms with van der Waals surface area (Å²) in [5.41, 5.74) is 1.93. The van der Waals surface area contributed by atoms with Crippen molar-refractivity contribution >= 4 is 22.7 Å². The molecule has 1 unspecified atom stereocenters. The average molecular weight is 390 g/mol. The molecule has 2 saturated heterocycles. The zero-order valence-electron chi connectivity index (χ0n) is 16.6. The van der Waals surface area contributed by atoms with Crippen molar-refractivity contribution in [1.82, 2.24) is 20.1 Å². The third-order valence-electron chi connectivity index (χ3n) is 6.43. The van der Waals surface area contributed by atoms with Crippen LogP contribution in [0.5, 0.6) is 0 Å². The van der Waals surface area contributed by atoms with E-state index in [4.69, 9.17) is 19.5 Å². The van der Waals surface area contributed by atoms with Crippen LogP contribution in [0.1, 0.15) is 62.1 Å². The Kier molecular flexibility index (Phi) is 4.13. The Morgan fingerprint density at radius 3 is 2.21 bits per heavy atom. The largest absolute Gasteiger partial charge is 0.354 e. The molecule has 2 aliphatic heterocycles. The van der Waals surface area contributed by atoms with Gasteiger partial charge in [0, 0.05) is 32.1 Å². The van der Waals surface area contributed by atoms with Gasteiger partial charge in [0.25, 0.3) is 0 Å². The minimum atomic E-state index is 0.275. The van der Waals surface area contributed by atoms with E-state index >= 15 is 0 Å². The Balaban J connectivity index is 1.32. The minimum Gasteiger partial charge on any atom is -0.354 e. The number of rotatable bonds is 4. The van der Waals surface area contributed by atoms with Gasteiger partial charge in [-0.3, -0.25) is 0 Å². The number of anilines is 2. The van der Waals surface area contributed by atoms with Crippen LogP contribution in [0.4, 0.5) is 11.6 Å². The second-order valence-electron chi connectivity index (χ2n) is 8.60. The van der Waals surface area contributed by atoms with Crippen molar-refractivity contribution in [2.45, 2.75) is 50.4 Å². The van der Waals surface area contributed by atoms with Crippen LogP contribution in [0.3, 0.4) is 0 Å². The molecule has 1 aliphatic carbocycles. The Morgan fingerprint density at radius 1 is 0.759 bits per heavy atom. The van der Waals surface area contributed by atoms with E-state index in [1.54, 1.807) is 0 Å². The van der Waals surface area contributed by atoms with Gasteiger partial charge in [-0.15, -0.1) is 0 Å². The van der Waals surface area contributed by atoms with E-state index in [1.165, 1.54) is 32.1 Å². The van der Waals surface area contributed by atoms with Gasteiger partial charge in [0.1, 0.15) is 0 Å². The minimum absolute atomic E-state index is 0.275. The Labute approximate surface area is 170 Å². The molecule has 0 bridgehead atoms. The number of hydrogen-bond acceptors (Lipinski definition) is 7. The van der Waals surface area contributed by atoms with Gasteiger partial charge in [0.2, 0.25) is 5.89 Å². The van der Waals surface area contributed by atoms with Gasteiger partial charge in [0.05, 0.1) is 17.0 Å². The fourth-order valence-electron chi connectivity index (χ4n) is 4.59. The number of para-hydroxylation sites is 2. The lowest BCUT2D eigenvalue weighted by Crippen LogP contribution is -2.33. The summed E-state index contributed by atoms with van der Waals surface area (Å²) < 4.78 is 5.62. The third kappa shape index (κ3) is 3.22. The molecule has 3 aliphatic rings. The molecule has 29 heavy (non-hydrogen) atoms. The molecule has 7 heteroatoms. The van der Waals surface area contributed by atoms with Gasteiger partial charge in [-0.05, 0) is 50.7 Å². The first-order valence-electron chi connectivity index (χ1n) is 11.0. The molecule has 3 aromatic rings. The molecule has 0 radical (unpaired) electrons. The van der Waals surface area contributed by atoms with E-state index in [1.807, 2.05) is 12.1 Å². The summed E-state index contributed by atoms with van der Waals surface area (Å²) in [6.45, 7) is 3.93. The Bertz CT molecular complexity index is 1020. The van der Waals surface area contributed by atoms with Crippen molar-refractivity contribution in [2.75, 3.05) is 36.0 Å². The summed E-state index contributed by atoms with van der Waals surface area (Å²) in [5, 5.41) is 4.21. The standard InChI is InChI=1S/C22H26N6O/c1-4-11-27(12-5-1)20-21(24-18-7-3-2-6-17(18)23-20)28-13-10-16(14-28)22-25-19(26-29-22)15-8-9-15/h2-3,6-7,15-16H,1,4-5,8-14H2.